The Bertz CT molecular complexity index is 655. The minimum Gasteiger partial charge on any atom is -0.379 e. The Labute approximate surface area is 133 Å². The topological polar surface area (TPSA) is 41.1 Å². The fraction of sp³-hybridized carbons (Fsp3) is 0.235. The molecule has 0 fully saturated rings. The smallest absolute Gasteiger partial charge is 0.221 e. The Kier molecular flexibility index (Phi) is 5.02. The van der Waals surface area contributed by atoms with Crippen molar-refractivity contribution in [1.29, 1.82) is 0 Å². The van der Waals surface area contributed by atoms with Crippen LogP contribution < -0.4 is 10.6 Å². The van der Waals surface area contributed by atoms with Crippen molar-refractivity contribution < 1.29 is 4.79 Å². The zero-order valence-electron chi connectivity index (χ0n) is 12.4. The highest BCUT2D eigenvalue weighted by Crippen LogP contribution is 2.25. The third kappa shape index (κ3) is 4.33. The van der Waals surface area contributed by atoms with E-state index >= 15 is 0 Å². The third-order valence-corrected chi connectivity index (χ3v) is 4.14. The number of amides is 1. The van der Waals surface area contributed by atoms with E-state index in [4.69, 9.17) is 0 Å². The molecule has 0 aromatic heterocycles. The van der Waals surface area contributed by atoms with Gasteiger partial charge in [0.1, 0.15) is 0 Å². The van der Waals surface area contributed by atoms with Gasteiger partial charge in [0.15, 0.2) is 0 Å². The lowest BCUT2D eigenvalue weighted by atomic mass is 10.1. The SMILES string of the molecule is CC(=O)Nc1cccc(C(C)Nc2ccc(Br)c(C)c2)c1. The first-order valence-corrected chi connectivity index (χ1v) is 7.65. The summed E-state index contributed by atoms with van der Waals surface area (Å²) in [5.41, 5.74) is 4.22. The van der Waals surface area contributed by atoms with Gasteiger partial charge >= 0.3 is 0 Å². The Balaban J connectivity index is 2.14. The van der Waals surface area contributed by atoms with Crippen LogP contribution in [0.25, 0.3) is 0 Å². The molecule has 21 heavy (non-hydrogen) atoms. The largest absolute Gasteiger partial charge is 0.379 e. The van der Waals surface area contributed by atoms with Crippen molar-refractivity contribution in [3.05, 3.63) is 58.1 Å². The summed E-state index contributed by atoms with van der Waals surface area (Å²) in [6.07, 6.45) is 0. The first kappa shape index (κ1) is 15.6. The molecule has 2 N–H and O–H groups in total. The first-order chi connectivity index (χ1) is 9.95. The van der Waals surface area contributed by atoms with Gasteiger partial charge in [-0.05, 0) is 55.3 Å². The van der Waals surface area contributed by atoms with Crippen LogP contribution in [-0.2, 0) is 4.79 Å². The van der Waals surface area contributed by atoms with E-state index in [0.29, 0.717) is 0 Å². The number of anilines is 2. The van der Waals surface area contributed by atoms with Crippen LogP contribution in [0.4, 0.5) is 11.4 Å². The van der Waals surface area contributed by atoms with Gasteiger partial charge in [0.2, 0.25) is 5.91 Å². The highest BCUT2D eigenvalue weighted by atomic mass is 79.9. The monoisotopic (exact) mass is 346 g/mol. The zero-order valence-corrected chi connectivity index (χ0v) is 14.0. The summed E-state index contributed by atoms with van der Waals surface area (Å²) < 4.78 is 1.10. The maximum absolute atomic E-state index is 11.1. The van der Waals surface area contributed by atoms with Gasteiger partial charge in [-0.3, -0.25) is 4.79 Å². The molecular weight excluding hydrogens is 328 g/mol. The van der Waals surface area contributed by atoms with Gasteiger partial charge in [0.05, 0.1) is 0 Å². The Hall–Kier alpha value is -1.81. The number of hydrogen-bond acceptors (Lipinski definition) is 2. The molecule has 0 bridgehead atoms. The summed E-state index contributed by atoms with van der Waals surface area (Å²) in [5.74, 6) is -0.0590. The van der Waals surface area contributed by atoms with Gasteiger partial charge < -0.3 is 10.6 Å². The lowest BCUT2D eigenvalue weighted by Gasteiger charge is -2.17. The number of carbonyl (C=O) groups is 1. The van der Waals surface area contributed by atoms with Crippen molar-refractivity contribution in [3.8, 4) is 0 Å². The van der Waals surface area contributed by atoms with Crippen LogP contribution in [0.2, 0.25) is 0 Å². The minimum atomic E-state index is -0.0590. The molecule has 0 saturated carbocycles. The van der Waals surface area contributed by atoms with Crippen molar-refractivity contribution in [2.45, 2.75) is 26.8 Å². The third-order valence-electron chi connectivity index (χ3n) is 3.25. The summed E-state index contributed by atoms with van der Waals surface area (Å²) >= 11 is 3.50. The maximum Gasteiger partial charge on any atom is 0.221 e. The highest BCUT2D eigenvalue weighted by molar-refractivity contribution is 9.10. The Morgan fingerprint density at radius 2 is 1.90 bits per heavy atom. The van der Waals surface area contributed by atoms with Gasteiger partial charge in [-0.25, -0.2) is 0 Å². The quantitative estimate of drug-likeness (QED) is 0.827. The van der Waals surface area contributed by atoms with Gasteiger partial charge in [0, 0.05) is 28.8 Å². The lowest BCUT2D eigenvalue weighted by molar-refractivity contribution is -0.114. The van der Waals surface area contributed by atoms with E-state index in [1.54, 1.807) is 0 Å². The second-order valence-corrected chi connectivity index (χ2v) is 5.99. The average molecular weight is 347 g/mol. The average Bonchev–Trinajstić information content (AvgIpc) is 2.42. The molecule has 0 aliphatic heterocycles. The van der Waals surface area contributed by atoms with Crippen molar-refractivity contribution in [1.82, 2.24) is 0 Å². The van der Waals surface area contributed by atoms with Crippen molar-refractivity contribution in [3.63, 3.8) is 0 Å². The predicted octanol–water partition coefficient (Wildman–Crippen LogP) is 4.89. The molecule has 2 aromatic rings. The predicted molar refractivity (Wildman–Crippen MR) is 91.7 cm³/mol. The van der Waals surface area contributed by atoms with Gasteiger partial charge in [0.25, 0.3) is 0 Å². The molecule has 110 valence electrons. The summed E-state index contributed by atoms with van der Waals surface area (Å²) in [5, 5.41) is 6.28. The van der Waals surface area contributed by atoms with Crippen molar-refractivity contribution in [2.24, 2.45) is 0 Å². The summed E-state index contributed by atoms with van der Waals surface area (Å²) in [6.45, 7) is 5.68. The van der Waals surface area contributed by atoms with Gasteiger partial charge in [-0.2, -0.15) is 0 Å². The summed E-state index contributed by atoms with van der Waals surface area (Å²) in [4.78, 5) is 11.1. The zero-order chi connectivity index (χ0) is 15.4. The van der Waals surface area contributed by atoms with E-state index in [-0.39, 0.29) is 11.9 Å². The molecule has 0 heterocycles. The standard InChI is InChI=1S/C17H19BrN2O/c1-11-9-16(7-8-17(11)18)19-12(2)14-5-4-6-15(10-14)20-13(3)21/h4-10,12,19H,1-3H3,(H,20,21). The van der Waals surface area contributed by atoms with Crippen molar-refractivity contribution in [2.75, 3.05) is 10.6 Å². The number of hydrogen-bond donors (Lipinski definition) is 2. The Morgan fingerprint density at radius 3 is 2.57 bits per heavy atom. The van der Waals surface area contributed by atoms with Crippen LogP contribution in [-0.4, -0.2) is 5.91 Å². The first-order valence-electron chi connectivity index (χ1n) is 6.86. The highest BCUT2D eigenvalue weighted by Gasteiger charge is 2.07. The molecule has 0 radical (unpaired) electrons. The molecule has 0 saturated heterocycles. The van der Waals surface area contributed by atoms with Gasteiger partial charge in [-0.1, -0.05) is 28.1 Å². The van der Waals surface area contributed by atoms with E-state index in [1.165, 1.54) is 12.5 Å². The number of aryl methyl sites for hydroxylation is 1. The van der Waals surface area contributed by atoms with E-state index in [2.05, 4.69) is 52.5 Å². The number of halogens is 1. The van der Waals surface area contributed by atoms with Crippen LogP contribution in [0, 0.1) is 6.92 Å². The molecule has 1 amide bonds. The molecular formula is C17H19BrN2O. The van der Waals surface area contributed by atoms with E-state index in [9.17, 15) is 4.79 Å². The van der Waals surface area contributed by atoms with Crippen LogP contribution in [0.5, 0.6) is 0 Å². The second-order valence-electron chi connectivity index (χ2n) is 5.14. The Morgan fingerprint density at radius 1 is 1.14 bits per heavy atom. The summed E-state index contributed by atoms with van der Waals surface area (Å²) in [6, 6.07) is 14.2. The molecule has 1 unspecified atom stereocenters. The maximum atomic E-state index is 11.1. The molecule has 2 aromatic carbocycles. The molecule has 2 rings (SSSR count). The van der Waals surface area contributed by atoms with Crippen LogP contribution in [0.1, 0.15) is 31.0 Å². The molecule has 0 aliphatic rings. The van der Waals surface area contributed by atoms with Gasteiger partial charge in [-0.15, -0.1) is 0 Å². The fourth-order valence-electron chi connectivity index (χ4n) is 2.16. The van der Waals surface area contributed by atoms with E-state index < -0.39 is 0 Å². The fourth-order valence-corrected chi connectivity index (χ4v) is 2.40. The molecule has 0 aliphatic carbocycles. The van der Waals surface area contributed by atoms with E-state index in [0.717, 1.165) is 21.4 Å². The van der Waals surface area contributed by atoms with Crippen LogP contribution in [0.3, 0.4) is 0 Å². The number of benzene rings is 2. The van der Waals surface area contributed by atoms with Crippen LogP contribution in [0.15, 0.2) is 46.9 Å². The number of carbonyl (C=O) groups excluding carboxylic acids is 1. The number of rotatable bonds is 4. The summed E-state index contributed by atoms with van der Waals surface area (Å²) in [7, 11) is 0. The molecule has 1 atom stereocenters. The lowest BCUT2D eigenvalue weighted by Crippen LogP contribution is -2.09. The second kappa shape index (κ2) is 6.76. The van der Waals surface area contributed by atoms with E-state index in [1.807, 2.05) is 30.3 Å². The molecule has 4 heteroatoms. The normalized spacial score (nSPS) is 11.8. The molecule has 0 spiro atoms. The minimum absolute atomic E-state index is 0.0590. The molecule has 3 nitrogen and oxygen atoms in total. The van der Waals surface area contributed by atoms with Crippen molar-refractivity contribution >= 4 is 33.2 Å². The number of nitrogens with one attached hydrogen (secondary N) is 2. The van der Waals surface area contributed by atoms with Crippen LogP contribution >= 0.6 is 15.9 Å².